The number of rotatable bonds is 6. The lowest BCUT2D eigenvalue weighted by molar-refractivity contribution is -0.148. The van der Waals surface area contributed by atoms with E-state index >= 15 is 0 Å². The number of methoxy groups -OCH3 is 1. The van der Waals surface area contributed by atoms with Gasteiger partial charge in [-0.25, -0.2) is 4.39 Å². The maximum Gasteiger partial charge on any atom is 0.420 e. The van der Waals surface area contributed by atoms with E-state index in [0.29, 0.717) is 36.0 Å². The lowest BCUT2D eigenvalue weighted by Crippen LogP contribution is -2.43. The average molecular weight is 527 g/mol. The highest BCUT2D eigenvalue weighted by atomic mass is 19.4. The van der Waals surface area contributed by atoms with Gasteiger partial charge in [0.05, 0.1) is 35.3 Å². The first-order valence-corrected chi connectivity index (χ1v) is 11.2. The summed E-state index contributed by atoms with van der Waals surface area (Å²) < 4.78 is 60.0. The molecule has 0 aliphatic carbocycles. The van der Waals surface area contributed by atoms with E-state index in [1.54, 1.807) is 11.4 Å². The van der Waals surface area contributed by atoms with Crippen LogP contribution in [0.3, 0.4) is 0 Å². The first-order valence-electron chi connectivity index (χ1n) is 11.2. The van der Waals surface area contributed by atoms with Gasteiger partial charge in [-0.15, -0.1) is 0 Å². The van der Waals surface area contributed by atoms with E-state index in [4.69, 9.17) is 4.74 Å². The first-order chi connectivity index (χ1) is 18.1. The number of nitrogens with zero attached hydrogens (tertiary/aromatic N) is 1. The van der Waals surface area contributed by atoms with Crippen LogP contribution in [0.5, 0.6) is 5.75 Å². The van der Waals surface area contributed by atoms with E-state index < -0.39 is 29.8 Å². The third-order valence-electron chi connectivity index (χ3n) is 5.64. The minimum absolute atomic E-state index is 0.0860. The number of pyridine rings is 1. The fourth-order valence-corrected chi connectivity index (χ4v) is 3.92. The third kappa shape index (κ3) is 5.31. The van der Waals surface area contributed by atoms with E-state index in [2.05, 4.69) is 33.1 Å². The molecule has 0 unspecified atom stereocenters. The van der Waals surface area contributed by atoms with Crippen molar-refractivity contribution in [2.24, 2.45) is 0 Å². The molecule has 1 atom stereocenters. The zero-order chi connectivity index (χ0) is 27.4. The van der Waals surface area contributed by atoms with Crippen LogP contribution >= 0.6 is 0 Å². The summed E-state index contributed by atoms with van der Waals surface area (Å²) in [6, 6.07) is 3.27. The van der Waals surface area contributed by atoms with Gasteiger partial charge in [0.15, 0.2) is 17.6 Å². The second-order valence-electron chi connectivity index (χ2n) is 8.06. The first kappa shape index (κ1) is 26.3. The van der Waals surface area contributed by atoms with Crippen molar-refractivity contribution < 1.29 is 31.9 Å². The molecular formula is C26H21F4N5O3. The van der Waals surface area contributed by atoms with Crippen molar-refractivity contribution in [3.63, 3.8) is 0 Å². The standard InChI is InChI=1S/C26H21F4N5O3/c1-3-20(36)35-19(26(28,29)30)8-7-14-13-31-11-9-15(14)22-23(21-17(33-22)10-12-32-25(21)37)34-18-6-4-5-16(27)24(18)38-2/h3-6,9,11,13,19,33-34H,1,10,12H2,2H3,(H,32,37)(H,35,36)/t19-/m1/s1. The Hall–Kier alpha value is -4.79. The van der Waals surface area contributed by atoms with Gasteiger partial charge in [-0.05, 0) is 24.3 Å². The lowest BCUT2D eigenvalue weighted by Gasteiger charge is -2.17. The molecule has 3 heterocycles. The number of anilines is 2. The summed E-state index contributed by atoms with van der Waals surface area (Å²) in [7, 11) is 1.29. The van der Waals surface area contributed by atoms with Gasteiger partial charge in [-0.2, -0.15) is 13.2 Å². The smallest absolute Gasteiger partial charge is 0.420 e. The molecule has 0 fully saturated rings. The number of hydrogen-bond acceptors (Lipinski definition) is 5. The molecule has 0 bridgehead atoms. The van der Waals surface area contributed by atoms with Gasteiger partial charge in [0.1, 0.15) is 0 Å². The Balaban J connectivity index is 1.86. The molecule has 12 heteroatoms. The number of aromatic nitrogens is 2. The Morgan fingerprint density at radius 3 is 2.82 bits per heavy atom. The molecule has 4 rings (SSSR count). The van der Waals surface area contributed by atoms with E-state index in [1.807, 2.05) is 5.92 Å². The predicted molar refractivity (Wildman–Crippen MR) is 131 cm³/mol. The zero-order valence-corrected chi connectivity index (χ0v) is 19.9. The largest absolute Gasteiger partial charge is 0.492 e. The number of carbonyl (C=O) groups excluding carboxylic acids is 2. The van der Waals surface area contributed by atoms with Gasteiger partial charge < -0.3 is 25.7 Å². The average Bonchev–Trinajstić information content (AvgIpc) is 3.25. The minimum Gasteiger partial charge on any atom is -0.492 e. The molecular weight excluding hydrogens is 506 g/mol. The number of ether oxygens (including phenoxy) is 1. The van der Waals surface area contributed by atoms with Crippen molar-refractivity contribution in [3.8, 4) is 28.8 Å². The molecule has 1 aliphatic heterocycles. The summed E-state index contributed by atoms with van der Waals surface area (Å²) in [5, 5.41) is 7.54. The van der Waals surface area contributed by atoms with Crippen molar-refractivity contribution in [2.45, 2.75) is 18.6 Å². The Kier molecular flexibility index (Phi) is 7.38. The molecule has 0 saturated heterocycles. The van der Waals surface area contributed by atoms with Crippen LogP contribution in [-0.2, 0) is 11.2 Å². The van der Waals surface area contributed by atoms with Crippen LogP contribution in [0.25, 0.3) is 11.3 Å². The number of carbonyl (C=O) groups is 2. The maximum atomic E-state index is 14.4. The van der Waals surface area contributed by atoms with Gasteiger partial charge in [0.25, 0.3) is 5.91 Å². The zero-order valence-electron chi connectivity index (χ0n) is 19.9. The summed E-state index contributed by atoms with van der Waals surface area (Å²) in [5.41, 5.74) is 2.04. The fraction of sp³-hybridized carbons (Fsp3) is 0.192. The van der Waals surface area contributed by atoms with E-state index in [-0.39, 0.29) is 28.3 Å². The number of hydrogen-bond donors (Lipinski definition) is 4. The van der Waals surface area contributed by atoms with Crippen molar-refractivity contribution in [2.75, 3.05) is 19.0 Å². The highest BCUT2D eigenvalue weighted by Crippen LogP contribution is 2.40. The molecule has 0 spiro atoms. The number of para-hydroxylation sites is 1. The quantitative estimate of drug-likeness (QED) is 0.221. The van der Waals surface area contributed by atoms with Gasteiger partial charge in [0.2, 0.25) is 5.91 Å². The van der Waals surface area contributed by atoms with E-state index in [9.17, 15) is 27.2 Å². The van der Waals surface area contributed by atoms with Crippen LogP contribution in [-0.4, -0.2) is 47.7 Å². The Morgan fingerprint density at radius 1 is 1.32 bits per heavy atom. The van der Waals surface area contributed by atoms with Crippen LogP contribution in [0.2, 0.25) is 0 Å². The summed E-state index contributed by atoms with van der Waals surface area (Å²) in [5.74, 6) is 2.33. The van der Waals surface area contributed by atoms with E-state index in [0.717, 1.165) is 0 Å². The van der Waals surface area contributed by atoms with Gasteiger partial charge in [0, 0.05) is 36.6 Å². The van der Waals surface area contributed by atoms with Crippen molar-refractivity contribution >= 4 is 23.2 Å². The molecule has 4 N–H and O–H groups in total. The lowest BCUT2D eigenvalue weighted by atomic mass is 10.0. The minimum atomic E-state index is -4.85. The van der Waals surface area contributed by atoms with Gasteiger partial charge in [-0.1, -0.05) is 24.5 Å². The Morgan fingerprint density at radius 2 is 2.11 bits per heavy atom. The Bertz CT molecular complexity index is 1470. The van der Waals surface area contributed by atoms with Crippen LogP contribution in [0.15, 0.2) is 49.3 Å². The molecule has 38 heavy (non-hydrogen) atoms. The number of amides is 2. The molecule has 0 radical (unpaired) electrons. The topological polar surface area (TPSA) is 108 Å². The molecule has 2 aromatic heterocycles. The SMILES string of the molecule is C=CC(=O)N[C@H](C#Cc1cnccc1-c1[nH]c2c(c1Nc1cccc(F)c1OC)C(=O)NCC2)C(F)(F)F. The van der Waals surface area contributed by atoms with Crippen LogP contribution in [0.4, 0.5) is 28.9 Å². The van der Waals surface area contributed by atoms with Gasteiger partial charge >= 0.3 is 6.18 Å². The Labute approximate surface area is 214 Å². The summed E-state index contributed by atoms with van der Waals surface area (Å²) in [6.07, 6.45) is -1.02. The normalized spacial score (nSPS) is 13.3. The number of benzene rings is 1. The van der Waals surface area contributed by atoms with Gasteiger partial charge in [-0.3, -0.25) is 14.6 Å². The van der Waals surface area contributed by atoms with Crippen molar-refractivity contribution in [1.29, 1.82) is 0 Å². The fourth-order valence-electron chi connectivity index (χ4n) is 3.92. The van der Waals surface area contributed by atoms with Crippen molar-refractivity contribution in [1.82, 2.24) is 20.6 Å². The second kappa shape index (κ2) is 10.7. The van der Waals surface area contributed by atoms with Crippen LogP contribution in [0, 0.1) is 17.7 Å². The highest BCUT2D eigenvalue weighted by molar-refractivity contribution is 6.06. The number of nitrogens with one attached hydrogen (secondary N) is 4. The number of H-pyrrole nitrogens is 1. The molecule has 3 aromatic rings. The monoisotopic (exact) mass is 527 g/mol. The van der Waals surface area contributed by atoms with Crippen molar-refractivity contribution in [3.05, 3.63) is 72.0 Å². The molecule has 2 amide bonds. The number of alkyl halides is 3. The third-order valence-corrected chi connectivity index (χ3v) is 5.64. The van der Waals surface area contributed by atoms with E-state index in [1.165, 1.54) is 37.7 Å². The molecule has 1 aliphatic rings. The summed E-state index contributed by atoms with van der Waals surface area (Å²) >= 11 is 0. The molecule has 8 nitrogen and oxygen atoms in total. The number of aromatic amines is 1. The molecule has 1 aromatic carbocycles. The number of fused-ring (bicyclic) bond motifs is 1. The highest BCUT2D eigenvalue weighted by Gasteiger charge is 2.39. The molecule has 0 saturated carbocycles. The predicted octanol–water partition coefficient (Wildman–Crippen LogP) is 3.84. The summed E-state index contributed by atoms with van der Waals surface area (Å²) in [4.78, 5) is 31.5. The van der Waals surface area contributed by atoms with Crippen LogP contribution in [0.1, 0.15) is 21.6 Å². The molecule has 196 valence electrons. The van der Waals surface area contributed by atoms with Crippen LogP contribution < -0.4 is 20.7 Å². The summed E-state index contributed by atoms with van der Waals surface area (Å²) in [6.45, 7) is 3.52. The second-order valence-corrected chi connectivity index (χ2v) is 8.06. The maximum absolute atomic E-state index is 14.4. The number of halogens is 4.